The van der Waals surface area contributed by atoms with Gasteiger partial charge >= 0.3 is 0 Å². The van der Waals surface area contributed by atoms with E-state index in [9.17, 15) is 10.1 Å². The Hall–Kier alpha value is -0.890. The van der Waals surface area contributed by atoms with Crippen molar-refractivity contribution in [2.24, 2.45) is 11.7 Å². The maximum atomic E-state index is 10.7. The van der Waals surface area contributed by atoms with Crippen LogP contribution in [0.25, 0.3) is 0 Å². The molecule has 1 aromatic rings. The van der Waals surface area contributed by atoms with Gasteiger partial charge in [-0.05, 0) is 40.6 Å². The van der Waals surface area contributed by atoms with Crippen molar-refractivity contribution in [2.45, 2.75) is 19.9 Å². The van der Waals surface area contributed by atoms with Crippen molar-refractivity contribution < 1.29 is 4.92 Å². The Labute approximate surface area is 114 Å². The topological polar surface area (TPSA) is 81.2 Å². The van der Waals surface area contributed by atoms with Gasteiger partial charge in [0.15, 0.2) is 0 Å². The van der Waals surface area contributed by atoms with Crippen LogP contribution in [0.15, 0.2) is 18.2 Å². The molecule has 1 rings (SSSR count). The van der Waals surface area contributed by atoms with E-state index in [2.05, 4.69) is 19.2 Å². The van der Waals surface area contributed by atoms with Crippen LogP contribution in [0.1, 0.15) is 13.8 Å². The molecule has 0 saturated heterocycles. The van der Waals surface area contributed by atoms with E-state index in [0.717, 1.165) is 5.69 Å². The lowest BCUT2D eigenvalue weighted by molar-refractivity contribution is -0.385. The van der Waals surface area contributed by atoms with Crippen LogP contribution in [0.4, 0.5) is 11.4 Å². The Morgan fingerprint density at radius 1 is 1.53 bits per heavy atom. The van der Waals surface area contributed by atoms with Gasteiger partial charge in [-0.3, -0.25) is 10.1 Å². The number of halogens is 1. The van der Waals surface area contributed by atoms with Crippen LogP contribution < -0.4 is 11.1 Å². The number of nitrogens with two attached hydrogens (primary N) is 1. The summed E-state index contributed by atoms with van der Waals surface area (Å²) in [5.74, 6) is 0.410. The van der Waals surface area contributed by atoms with E-state index in [0.29, 0.717) is 16.0 Å². The summed E-state index contributed by atoms with van der Waals surface area (Å²) < 4.78 is 0.622. The Morgan fingerprint density at radius 2 is 2.18 bits per heavy atom. The minimum atomic E-state index is -0.381. The summed E-state index contributed by atoms with van der Waals surface area (Å²) >= 11 is 1.96. The first-order valence-electron chi connectivity index (χ1n) is 5.36. The van der Waals surface area contributed by atoms with E-state index < -0.39 is 0 Å². The highest BCUT2D eigenvalue weighted by Crippen LogP contribution is 2.24. The van der Waals surface area contributed by atoms with Gasteiger partial charge in [0.25, 0.3) is 5.69 Å². The number of nitrogens with zero attached hydrogens (tertiary/aromatic N) is 1. The third-order valence-electron chi connectivity index (χ3n) is 2.56. The molecule has 94 valence electrons. The molecule has 3 N–H and O–H groups in total. The van der Waals surface area contributed by atoms with Gasteiger partial charge in [0.05, 0.1) is 8.49 Å². The molecule has 0 aliphatic carbocycles. The molecule has 1 aromatic carbocycles. The zero-order valence-electron chi connectivity index (χ0n) is 9.81. The van der Waals surface area contributed by atoms with Gasteiger partial charge in [0.1, 0.15) is 0 Å². The summed E-state index contributed by atoms with van der Waals surface area (Å²) in [6.45, 7) is 4.70. The number of nitrogens with one attached hydrogen (secondary N) is 1. The van der Waals surface area contributed by atoms with Crippen LogP contribution in [-0.2, 0) is 0 Å². The molecule has 0 fully saturated rings. The van der Waals surface area contributed by atoms with E-state index in [1.54, 1.807) is 12.1 Å². The van der Waals surface area contributed by atoms with E-state index in [4.69, 9.17) is 5.73 Å². The van der Waals surface area contributed by atoms with Crippen LogP contribution in [0, 0.1) is 19.6 Å². The average Bonchev–Trinajstić information content (AvgIpc) is 2.24. The third kappa shape index (κ3) is 3.81. The predicted molar refractivity (Wildman–Crippen MR) is 77.1 cm³/mol. The third-order valence-corrected chi connectivity index (χ3v) is 3.42. The molecular weight excluding hydrogens is 333 g/mol. The van der Waals surface area contributed by atoms with Crippen LogP contribution in [-0.4, -0.2) is 17.5 Å². The van der Waals surface area contributed by atoms with E-state index >= 15 is 0 Å². The summed E-state index contributed by atoms with van der Waals surface area (Å²) in [5.41, 5.74) is 6.66. The summed E-state index contributed by atoms with van der Waals surface area (Å²) in [6, 6.07) is 5.17. The molecule has 6 heteroatoms. The second-order valence-electron chi connectivity index (χ2n) is 4.15. The monoisotopic (exact) mass is 349 g/mol. The summed E-state index contributed by atoms with van der Waals surface area (Å²) in [4.78, 5) is 10.3. The van der Waals surface area contributed by atoms with Gasteiger partial charge in [-0.25, -0.2) is 0 Å². The standard InChI is InChI=1S/C11H16IN3O2/c1-7(2)10(6-13)14-8-3-4-11(15(16)17)9(12)5-8/h3-5,7,10,14H,6,13H2,1-2H3. The van der Waals surface area contributed by atoms with Gasteiger partial charge in [-0.15, -0.1) is 0 Å². The zero-order chi connectivity index (χ0) is 13.0. The number of nitro groups is 1. The molecule has 0 spiro atoms. The Morgan fingerprint density at radius 3 is 2.59 bits per heavy atom. The van der Waals surface area contributed by atoms with Gasteiger partial charge in [0, 0.05) is 24.3 Å². The van der Waals surface area contributed by atoms with Crippen molar-refractivity contribution in [3.05, 3.63) is 31.9 Å². The lowest BCUT2D eigenvalue weighted by Gasteiger charge is -2.21. The van der Waals surface area contributed by atoms with Crippen LogP contribution in [0.2, 0.25) is 0 Å². The molecule has 0 bridgehead atoms. The summed E-state index contributed by atoms with van der Waals surface area (Å²) in [5, 5.41) is 14.0. The lowest BCUT2D eigenvalue weighted by atomic mass is 10.0. The number of nitro benzene ring substituents is 1. The number of benzene rings is 1. The predicted octanol–water partition coefficient (Wildman–Crippen LogP) is 2.59. The molecule has 1 unspecified atom stereocenters. The molecule has 5 nitrogen and oxygen atoms in total. The van der Waals surface area contributed by atoms with Crippen molar-refractivity contribution in [1.82, 2.24) is 0 Å². The maximum absolute atomic E-state index is 10.7. The molecule has 0 amide bonds. The Balaban J connectivity index is 2.87. The quantitative estimate of drug-likeness (QED) is 0.486. The molecule has 0 aliphatic heterocycles. The molecule has 0 aromatic heterocycles. The molecule has 0 radical (unpaired) electrons. The second-order valence-corrected chi connectivity index (χ2v) is 5.32. The molecular formula is C11H16IN3O2. The minimum absolute atomic E-state index is 0.130. The Kier molecular flexibility index (Phi) is 5.13. The Bertz CT molecular complexity index is 410. The summed E-state index contributed by atoms with van der Waals surface area (Å²) in [7, 11) is 0. The van der Waals surface area contributed by atoms with E-state index in [-0.39, 0.29) is 16.7 Å². The maximum Gasteiger partial charge on any atom is 0.282 e. The van der Waals surface area contributed by atoms with Crippen LogP contribution >= 0.6 is 22.6 Å². The van der Waals surface area contributed by atoms with Crippen molar-refractivity contribution in [1.29, 1.82) is 0 Å². The number of anilines is 1. The smallest absolute Gasteiger partial charge is 0.282 e. The van der Waals surface area contributed by atoms with Crippen LogP contribution in [0.3, 0.4) is 0 Å². The van der Waals surface area contributed by atoms with Gasteiger partial charge in [-0.2, -0.15) is 0 Å². The summed E-state index contributed by atoms with van der Waals surface area (Å²) in [6.07, 6.45) is 0. The number of rotatable bonds is 5. The molecule has 17 heavy (non-hydrogen) atoms. The highest BCUT2D eigenvalue weighted by atomic mass is 127. The minimum Gasteiger partial charge on any atom is -0.381 e. The fraction of sp³-hybridized carbons (Fsp3) is 0.455. The molecule has 0 aliphatic rings. The number of hydrogen-bond donors (Lipinski definition) is 2. The fourth-order valence-corrected chi connectivity index (χ4v) is 2.17. The van der Waals surface area contributed by atoms with Crippen LogP contribution in [0.5, 0.6) is 0 Å². The number of hydrogen-bond acceptors (Lipinski definition) is 4. The first kappa shape index (κ1) is 14.2. The second kappa shape index (κ2) is 6.15. The first-order chi connectivity index (χ1) is 7.95. The van der Waals surface area contributed by atoms with Crippen molar-refractivity contribution in [2.75, 3.05) is 11.9 Å². The molecule has 0 heterocycles. The SMILES string of the molecule is CC(C)C(CN)Nc1ccc([N+](=O)[O-])c(I)c1. The van der Waals surface area contributed by atoms with E-state index in [1.165, 1.54) is 6.07 Å². The zero-order valence-corrected chi connectivity index (χ0v) is 12.0. The van der Waals surface area contributed by atoms with Crippen molar-refractivity contribution >= 4 is 34.0 Å². The first-order valence-corrected chi connectivity index (χ1v) is 6.44. The largest absolute Gasteiger partial charge is 0.381 e. The van der Waals surface area contributed by atoms with Gasteiger partial charge < -0.3 is 11.1 Å². The molecule has 0 saturated carbocycles. The van der Waals surface area contributed by atoms with E-state index in [1.807, 2.05) is 22.6 Å². The van der Waals surface area contributed by atoms with Gasteiger partial charge in [0.2, 0.25) is 0 Å². The highest BCUT2D eigenvalue weighted by Gasteiger charge is 2.14. The normalized spacial score (nSPS) is 12.5. The lowest BCUT2D eigenvalue weighted by Crippen LogP contribution is -2.33. The fourth-order valence-electron chi connectivity index (χ4n) is 1.46. The van der Waals surface area contributed by atoms with Gasteiger partial charge in [-0.1, -0.05) is 13.8 Å². The highest BCUT2D eigenvalue weighted by molar-refractivity contribution is 14.1. The van der Waals surface area contributed by atoms with Crippen molar-refractivity contribution in [3.63, 3.8) is 0 Å². The average molecular weight is 349 g/mol. The molecule has 1 atom stereocenters. The van der Waals surface area contributed by atoms with Crippen molar-refractivity contribution in [3.8, 4) is 0 Å².